The van der Waals surface area contributed by atoms with Crippen LogP contribution in [0.1, 0.15) is 28.5 Å². The van der Waals surface area contributed by atoms with Gasteiger partial charge in [0.25, 0.3) is 0 Å². The summed E-state index contributed by atoms with van der Waals surface area (Å²) in [5.41, 5.74) is 6.45. The third-order valence-electron chi connectivity index (χ3n) is 2.25. The lowest BCUT2D eigenvalue weighted by Crippen LogP contribution is -2.09. The Labute approximate surface area is 104 Å². The van der Waals surface area contributed by atoms with Crippen LogP contribution in [-0.2, 0) is 0 Å². The molecule has 5 nitrogen and oxygen atoms in total. The zero-order chi connectivity index (χ0) is 12.4. The Morgan fingerprint density at radius 3 is 2.71 bits per heavy atom. The molecule has 2 heterocycles. The van der Waals surface area contributed by atoms with Gasteiger partial charge in [-0.15, -0.1) is 11.3 Å². The number of nitrogens with one attached hydrogen (secondary N) is 1. The van der Waals surface area contributed by atoms with Crippen molar-refractivity contribution in [3.63, 3.8) is 0 Å². The fourth-order valence-corrected chi connectivity index (χ4v) is 2.30. The molecule has 0 aliphatic carbocycles. The maximum atomic E-state index is 5.60. The van der Waals surface area contributed by atoms with E-state index >= 15 is 0 Å². The smallest absolute Gasteiger partial charge is 0.222 e. The monoisotopic (exact) mass is 249 g/mol. The molecule has 90 valence electrons. The van der Waals surface area contributed by atoms with Crippen LogP contribution < -0.4 is 11.1 Å². The molecule has 2 aromatic heterocycles. The minimum atomic E-state index is 0.113. The summed E-state index contributed by atoms with van der Waals surface area (Å²) < 4.78 is 0. The van der Waals surface area contributed by atoms with Crippen molar-refractivity contribution in [2.45, 2.75) is 26.8 Å². The van der Waals surface area contributed by atoms with Crippen LogP contribution >= 0.6 is 11.3 Å². The van der Waals surface area contributed by atoms with Crippen LogP contribution in [0.2, 0.25) is 0 Å². The molecule has 0 radical (unpaired) electrons. The number of hydrogen-bond donors (Lipinski definition) is 2. The Bertz CT molecular complexity index is 502. The van der Waals surface area contributed by atoms with Crippen LogP contribution in [0.3, 0.4) is 0 Å². The lowest BCUT2D eigenvalue weighted by Gasteiger charge is -2.12. The van der Waals surface area contributed by atoms with Crippen molar-refractivity contribution in [2.75, 3.05) is 11.1 Å². The Kier molecular flexibility index (Phi) is 3.23. The molecule has 0 aliphatic rings. The third-order valence-corrected chi connectivity index (χ3v) is 3.34. The van der Waals surface area contributed by atoms with Crippen molar-refractivity contribution in [1.82, 2.24) is 15.0 Å². The van der Waals surface area contributed by atoms with Gasteiger partial charge in [0, 0.05) is 22.8 Å². The third kappa shape index (κ3) is 2.91. The van der Waals surface area contributed by atoms with Gasteiger partial charge in [0.05, 0.1) is 6.04 Å². The molecule has 3 N–H and O–H groups in total. The molecular formula is C11H15N5S. The van der Waals surface area contributed by atoms with Gasteiger partial charge >= 0.3 is 0 Å². The van der Waals surface area contributed by atoms with Gasteiger partial charge in [0.2, 0.25) is 5.95 Å². The van der Waals surface area contributed by atoms with E-state index in [0.717, 1.165) is 16.5 Å². The first kappa shape index (κ1) is 11.8. The lowest BCUT2D eigenvalue weighted by molar-refractivity contribution is 0.858. The van der Waals surface area contributed by atoms with Gasteiger partial charge in [-0.25, -0.2) is 9.97 Å². The van der Waals surface area contributed by atoms with Crippen LogP contribution in [0.25, 0.3) is 0 Å². The molecule has 2 aromatic rings. The molecule has 2 rings (SSSR count). The van der Waals surface area contributed by atoms with E-state index in [1.54, 1.807) is 11.3 Å². The Morgan fingerprint density at radius 2 is 2.12 bits per heavy atom. The van der Waals surface area contributed by atoms with Crippen molar-refractivity contribution in [3.05, 3.63) is 27.8 Å². The fourth-order valence-electron chi connectivity index (χ4n) is 1.52. The molecule has 6 heteroatoms. The molecular weight excluding hydrogens is 234 g/mol. The molecule has 0 aromatic carbocycles. The summed E-state index contributed by atoms with van der Waals surface area (Å²) in [4.78, 5) is 13.7. The Balaban J connectivity index is 2.15. The second-order valence-electron chi connectivity index (χ2n) is 3.93. The number of nitrogens with two attached hydrogens (primary N) is 1. The number of hydrogen-bond acceptors (Lipinski definition) is 6. The van der Waals surface area contributed by atoms with Crippen molar-refractivity contribution in [1.29, 1.82) is 0 Å². The number of nitrogen functional groups attached to an aromatic ring is 1. The summed E-state index contributed by atoms with van der Waals surface area (Å²) in [6.45, 7) is 5.98. The quantitative estimate of drug-likeness (QED) is 0.872. The highest BCUT2D eigenvalue weighted by atomic mass is 32.1. The first-order valence-electron chi connectivity index (χ1n) is 5.34. The van der Waals surface area contributed by atoms with Crippen LogP contribution in [0, 0.1) is 13.8 Å². The minimum Gasteiger partial charge on any atom is -0.368 e. The molecule has 0 fully saturated rings. The van der Waals surface area contributed by atoms with Crippen LogP contribution in [0.4, 0.5) is 11.8 Å². The predicted molar refractivity (Wildman–Crippen MR) is 70.1 cm³/mol. The summed E-state index contributed by atoms with van der Waals surface area (Å²) in [6, 6.07) is 1.98. The van der Waals surface area contributed by atoms with Gasteiger partial charge in [0.15, 0.2) is 0 Å². The molecule has 1 atom stereocenters. The van der Waals surface area contributed by atoms with Crippen molar-refractivity contribution in [3.8, 4) is 0 Å². The van der Waals surface area contributed by atoms with Gasteiger partial charge in [-0.3, -0.25) is 0 Å². The lowest BCUT2D eigenvalue weighted by atomic mass is 10.3. The maximum Gasteiger partial charge on any atom is 0.222 e. The fraction of sp³-hybridized carbons (Fsp3) is 0.364. The van der Waals surface area contributed by atoms with Crippen molar-refractivity contribution in [2.24, 2.45) is 0 Å². The summed E-state index contributed by atoms with van der Waals surface area (Å²) in [6.07, 6.45) is 1.87. The SMILES string of the molecule is Cc1cc(NC(C)c2ncc(C)s2)nc(N)n1. The molecule has 1 unspecified atom stereocenters. The van der Waals surface area contributed by atoms with E-state index in [9.17, 15) is 0 Å². The Morgan fingerprint density at radius 1 is 1.35 bits per heavy atom. The van der Waals surface area contributed by atoms with E-state index in [-0.39, 0.29) is 12.0 Å². The van der Waals surface area contributed by atoms with Crippen LogP contribution in [-0.4, -0.2) is 15.0 Å². The average molecular weight is 249 g/mol. The second-order valence-corrected chi connectivity index (χ2v) is 5.19. The number of anilines is 2. The minimum absolute atomic E-state index is 0.113. The van der Waals surface area contributed by atoms with E-state index in [1.165, 1.54) is 4.88 Å². The topological polar surface area (TPSA) is 76.7 Å². The number of thiazole rings is 1. The van der Waals surface area contributed by atoms with E-state index in [4.69, 9.17) is 5.73 Å². The van der Waals surface area contributed by atoms with E-state index in [0.29, 0.717) is 0 Å². The first-order valence-corrected chi connectivity index (χ1v) is 6.16. The van der Waals surface area contributed by atoms with Gasteiger partial charge in [-0.1, -0.05) is 0 Å². The number of nitrogens with zero attached hydrogens (tertiary/aromatic N) is 3. The normalized spacial score (nSPS) is 12.4. The zero-order valence-electron chi connectivity index (χ0n) is 10.1. The predicted octanol–water partition coefficient (Wildman–Crippen LogP) is 2.31. The highest BCUT2D eigenvalue weighted by Crippen LogP contribution is 2.22. The van der Waals surface area contributed by atoms with Crippen molar-refractivity contribution < 1.29 is 0 Å². The van der Waals surface area contributed by atoms with Crippen LogP contribution in [0.5, 0.6) is 0 Å². The highest BCUT2D eigenvalue weighted by molar-refractivity contribution is 7.11. The number of aryl methyl sites for hydroxylation is 2. The van der Waals surface area contributed by atoms with E-state index in [1.807, 2.05) is 33.0 Å². The molecule has 0 amide bonds. The summed E-state index contributed by atoms with van der Waals surface area (Å²) in [5.74, 6) is 1.02. The first-order chi connectivity index (χ1) is 8.04. The Hall–Kier alpha value is -1.69. The van der Waals surface area contributed by atoms with Gasteiger partial charge < -0.3 is 11.1 Å². The molecule has 0 spiro atoms. The molecule has 0 saturated heterocycles. The van der Waals surface area contributed by atoms with Crippen molar-refractivity contribution >= 4 is 23.1 Å². The largest absolute Gasteiger partial charge is 0.368 e. The van der Waals surface area contributed by atoms with Gasteiger partial charge in [0.1, 0.15) is 10.8 Å². The average Bonchev–Trinajstić information content (AvgIpc) is 2.63. The van der Waals surface area contributed by atoms with E-state index < -0.39 is 0 Å². The zero-order valence-corrected chi connectivity index (χ0v) is 10.9. The maximum absolute atomic E-state index is 5.60. The molecule has 0 bridgehead atoms. The van der Waals surface area contributed by atoms with E-state index in [2.05, 4.69) is 20.3 Å². The molecule has 0 saturated carbocycles. The standard InChI is InChI=1S/C11H15N5S/c1-6-4-9(16-11(12)14-6)15-8(3)10-13-5-7(2)17-10/h4-5,8H,1-3H3,(H3,12,14,15,16). The molecule has 0 aliphatic heterocycles. The summed E-state index contributed by atoms with van der Waals surface area (Å²) in [5, 5.41) is 4.31. The second kappa shape index (κ2) is 4.67. The van der Waals surface area contributed by atoms with Gasteiger partial charge in [-0.05, 0) is 20.8 Å². The van der Waals surface area contributed by atoms with Crippen LogP contribution in [0.15, 0.2) is 12.3 Å². The van der Waals surface area contributed by atoms with Gasteiger partial charge in [-0.2, -0.15) is 4.98 Å². The highest BCUT2D eigenvalue weighted by Gasteiger charge is 2.10. The number of aromatic nitrogens is 3. The summed E-state index contributed by atoms with van der Waals surface area (Å²) in [7, 11) is 0. The summed E-state index contributed by atoms with van der Waals surface area (Å²) >= 11 is 1.68. The molecule has 17 heavy (non-hydrogen) atoms. The number of rotatable bonds is 3.